The van der Waals surface area contributed by atoms with Crippen LogP contribution in [0.2, 0.25) is 0 Å². The van der Waals surface area contributed by atoms with Gasteiger partial charge in [0.15, 0.2) is 11.6 Å². The first kappa shape index (κ1) is 15.3. The van der Waals surface area contributed by atoms with Crippen LogP contribution >= 0.6 is 0 Å². The summed E-state index contributed by atoms with van der Waals surface area (Å²) in [4.78, 5) is 24.1. The Morgan fingerprint density at radius 3 is 2.67 bits per heavy atom. The number of carboxylic acid groups (broad SMARTS) is 1. The van der Waals surface area contributed by atoms with Crippen molar-refractivity contribution in [2.24, 2.45) is 0 Å². The average Bonchev–Trinajstić information content (AvgIpc) is 2.75. The van der Waals surface area contributed by atoms with E-state index in [4.69, 9.17) is 5.11 Å². The third-order valence-corrected chi connectivity index (χ3v) is 3.22. The lowest BCUT2D eigenvalue weighted by atomic mass is 10.2. The lowest BCUT2D eigenvalue weighted by Gasteiger charge is -2.19. The maximum Gasteiger partial charge on any atom is 0.321 e. The minimum absolute atomic E-state index is 0.0494. The molecule has 0 saturated carbocycles. The van der Waals surface area contributed by atoms with E-state index in [-0.39, 0.29) is 25.2 Å². The molecule has 21 heavy (non-hydrogen) atoms. The summed E-state index contributed by atoms with van der Waals surface area (Å²) in [6.07, 6.45) is -0.754. The number of likely N-dealkylation sites (tertiary alicyclic amines) is 1. The highest BCUT2D eigenvalue weighted by molar-refractivity contribution is 5.92. The fourth-order valence-corrected chi connectivity index (χ4v) is 2.27. The molecule has 2 unspecified atom stereocenters. The van der Waals surface area contributed by atoms with Crippen molar-refractivity contribution in [3.8, 4) is 0 Å². The molecule has 2 atom stereocenters. The van der Waals surface area contributed by atoms with Crippen molar-refractivity contribution in [1.82, 2.24) is 4.90 Å². The number of anilines is 1. The molecule has 0 radical (unpaired) electrons. The molecule has 3 N–H and O–H groups in total. The molecule has 1 aromatic carbocycles. The molecule has 1 amide bonds. The summed E-state index contributed by atoms with van der Waals surface area (Å²) < 4.78 is 25.8. The van der Waals surface area contributed by atoms with Gasteiger partial charge in [0, 0.05) is 24.7 Å². The quantitative estimate of drug-likeness (QED) is 0.750. The van der Waals surface area contributed by atoms with E-state index >= 15 is 0 Å². The van der Waals surface area contributed by atoms with Crippen molar-refractivity contribution < 1.29 is 28.6 Å². The molecule has 0 aliphatic carbocycles. The molecule has 1 aromatic rings. The van der Waals surface area contributed by atoms with Gasteiger partial charge in [0.25, 0.3) is 0 Å². The van der Waals surface area contributed by atoms with Crippen LogP contribution in [0, 0.1) is 11.6 Å². The highest BCUT2D eigenvalue weighted by Crippen LogP contribution is 2.18. The number of carbonyl (C=O) groups excluding carboxylic acids is 1. The lowest BCUT2D eigenvalue weighted by Crippen LogP contribution is -2.41. The van der Waals surface area contributed by atoms with Gasteiger partial charge in [0.2, 0.25) is 5.91 Å². The Hall–Kier alpha value is -2.06. The molecule has 1 fully saturated rings. The summed E-state index contributed by atoms with van der Waals surface area (Å²) in [5, 5.41) is 20.8. The topological polar surface area (TPSA) is 89.9 Å². The largest absolute Gasteiger partial charge is 0.480 e. The van der Waals surface area contributed by atoms with Gasteiger partial charge in [-0.25, -0.2) is 8.78 Å². The van der Waals surface area contributed by atoms with E-state index in [9.17, 15) is 23.5 Å². The number of nitrogens with zero attached hydrogens (tertiary/aromatic N) is 1. The number of aliphatic hydroxyl groups is 1. The summed E-state index contributed by atoms with van der Waals surface area (Å²) in [6.45, 7) is -0.185. The number of aliphatic hydroxyl groups excluding tert-OH is 1. The van der Waals surface area contributed by atoms with Crippen LogP contribution in [0.5, 0.6) is 0 Å². The molecular weight excluding hydrogens is 286 g/mol. The number of carboxylic acids is 1. The number of β-amino-alcohol motifs (C(OH)–C–C–N with tert-alkyl or cyclic N) is 1. The molecule has 6 nitrogen and oxygen atoms in total. The van der Waals surface area contributed by atoms with Gasteiger partial charge in [0.1, 0.15) is 6.04 Å². The number of hydrogen-bond donors (Lipinski definition) is 3. The van der Waals surface area contributed by atoms with Crippen LogP contribution in [0.4, 0.5) is 14.5 Å². The maximum absolute atomic E-state index is 13.0. The molecular formula is C13H14F2N2O4. The number of aliphatic carboxylic acids is 1. The molecule has 1 saturated heterocycles. The highest BCUT2D eigenvalue weighted by Gasteiger charge is 2.36. The van der Waals surface area contributed by atoms with Crippen molar-refractivity contribution in [2.75, 3.05) is 18.4 Å². The minimum atomic E-state index is -1.12. The predicted octanol–water partition coefficient (Wildman–Crippen LogP) is 0.423. The Kier molecular flexibility index (Phi) is 4.49. The predicted molar refractivity (Wildman–Crippen MR) is 68.6 cm³/mol. The SMILES string of the molecule is O=C(CN1CC(O)CC1C(=O)O)Nc1ccc(F)c(F)c1. The van der Waals surface area contributed by atoms with Gasteiger partial charge < -0.3 is 15.5 Å². The monoisotopic (exact) mass is 300 g/mol. The zero-order valence-corrected chi connectivity index (χ0v) is 10.9. The number of halogens is 2. The second-order valence-corrected chi connectivity index (χ2v) is 4.85. The fraction of sp³-hybridized carbons (Fsp3) is 0.385. The first-order chi connectivity index (χ1) is 9.86. The lowest BCUT2D eigenvalue weighted by molar-refractivity contribution is -0.142. The molecule has 1 heterocycles. The second-order valence-electron chi connectivity index (χ2n) is 4.85. The van der Waals surface area contributed by atoms with Crippen LogP contribution in [0.25, 0.3) is 0 Å². The molecule has 1 aliphatic rings. The third-order valence-electron chi connectivity index (χ3n) is 3.22. The zero-order chi connectivity index (χ0) is 15.6. The van der Waals surface area contributed by atoms with Crippen LogP contribution in [0.15, 0.2) is 18.2 Å². The van der Waals surface area contributed by atoms with Crippen LogP contribution in [-0.2, 0) is 9.59 Å². The van der Waals surface area contributed by atoms with E-state index in [0.717, 1.165) is 12.1 Å². The maximum atomic E-state index is 13.0. The van der Waals surface area contributed by atoms with Gasteiger partial charge in [-0.3, -0.25) is 14.5 Å². The van der Waals surface area contributed by atoms with Gasteiger partial charge in [-0.1, -0.05) is 0 Å². The number of amides is 1. The minimum Gasteiger partial charge on any atom is -0.480 e. The van der Waals surface area contributed by atoms with Crippen LogP contribution in [0.3, 0.4) is 0 Å². The van der Waals surface area contributed by atoms with Gasteiger partial charge in [-0.2, -0.15) is 0 Å². The van der Waals surface area contributed by atoms with Crippen molar-refractivity contribution in [2.45, 2.75) is 18.6 Å². The van der Waals surface area contributed by atoms with Gasteiger partial charge in [0.05, 0.1) is 12.6 Å². The Morgan fingerprint density at radius 2 is 2.05 bits per heavy atom. The van der Waals surface area contributed by atoms with Crippen molar-refractivity contribution in [1.29, 1.82) is 0 Å². The number of nitrogens with one attached hydrogen (secondary N) is 1. The summed E-state index contributed by atoms with van der Waals surface area (Å²) >= 11 is 0. The van der Waals surface area contributed by atoms with E-state index in [1.807, 2.05) is 0 Å². The standard InChI is InChI=1S/C13H14F2N2O4/c14-9-2-1-7(3-10(9)15)16-12(19)6-17-5-8(18)4-11(17)13(20)21/h1-3,8,11,18H,4-6H2,(H,16,19)(H,20,21). The molecule has 0 bridgehead atoms. The van der Waals surface area contributed by atoms with E-state index in [2.05, 4.69) is 5.32 Å². The smallest absolute Gasteiger partial charge is 0.321 e. The number of rotatable bonds is 4. The van der Waals surface area contributed by atoms with Crippen molar-refractivity contribution in [3.63, 3.8) is 0 Å². The molecule has 2 rings (SSSR count). The normalized spacial score (nSPS) is 22.2. The van der Waals surface area contributed by atoms with E-state index in [0.29, 0.717) is 0 Å². The second kappa shape index (κ2) is 6.15. The molecule has 1 aliphatic heterocycles. The van der Waals surface area contributed by atoms with Crippen LogP contribution < -0.4 is 5.32 Å². The van der Waals surface area contributed by atoms with E-state index in [1.165, 1.54) is 11.0 Å². The molecule has 114 valence electrons. The Morgan fingerprint density at radius 1 is 1.33 bits per heavy atom. The first-order valence-corrected chi connectivity index (χ1v) is 6.26. The van der Waals surface area contributed by atoms with Gasteiger partial charge in [-0.05, 0) is 12.1 Å². The Labute approximate surface area is 119 Å². The zero-order valence-electron chi connectivity index (χ0n) is 10.9. The third kappa shape index (κ3) is 3.73. The first-order valence-electron chi connectivity index (χ1n) is 6.26. The highest BCUT2D eigenvalue weighted by atomic mass is 19.2. The Bertz CT molecular complexity index is 567. The summed E-state index contributed by atoms with van der Waals surface area (Å²) in [5.41, 5.74) is 0.0746. The van der Waals surface area contributed by atoms with Crippen LogP contribution in [0.1, 0.15) is 6.42 Å². The molecule has 8 heteroatoms. The fourth-order valence-electron chi connectivity index (χ4n) is 2.27. The van der Waals surface area contributed by atoms with Crippen molar-refractivity contribution in [3.05, 3.63) is 29.8 Å². The number of hydrogen-bond acceptors (Lipinski definition) is 4. The van der Waals surface area contributed by atoms with Gasteiger partial charge >= 0.3 is 5.97 Å². The van der Waals surface area contributed by atoms with Gasteiger partial charge in [-0.15, -0.1) is 0 Å². The van der Waals surface area contributed by atoms with E-state index in [1.54, 1.807) is 0 Å². The molecule has 0 aromatic heterocycles. The average molecular weight is 300 g/mol. The molecule has 0 spiro atoms. The number of benzene rings is 1. The summed E-state index contributed by atoms with van der Waals surface area (Å²) in [6, 6.07) is 1.98. The van der Waals surface area contributed by atoms with Crippen molar-refractivity contribution >= 4 is 17.6 Å². The van der Waals surface area contributed by atoms with Crippen LogP contribution in [-0.4, -0.2) is 52.2 Å². The number of carbonyl (C=O) groups is 2. The van der Waals surface area contributed by atoms with E-state index < -0.39 is 35.7 Å². The Balaban J connectivity index is 1.97. The summed E-state index contributed by atoms with van der Waals surface area (Å²) in [5.74, 6) is -3.80. The summed E-state index contributed by atoms with van der Waals surface area (Å²) in [7, 11) is 0.